The van der Waals surface area contributed by atoms with Gasteiger partial charge >= 0.3 is 0 Å². The molecule has 4 heteroatoms. The topological polar surface area (TPSA) is 32.3 Å². The van der Waals surface area contributed by atoms with Crippen molar-refractivity contribution >= 4 is 11.6 Å². The normalized spacial score (nSPS) is 10.3. The molecule has 0 heterocycles. The molecule has 3 nitrogen and oxygen atoms in total. The highest BCUT2D eigenvalue weighted by Gasteiger charge is 2.07. The Kier molecular flexibility index (Phi) is 6.60. The predicted molar refractivity (Wildman–Crippen MR) is 92.1 cm³/mol. The molecule has 2 rings (SSSR count). The summed E-state index contributed by atoms with van der Waals surface area (Å²) in [6.07, 6.45) is 0.939. The first-order valence-corrected chi connectivity index (χ1v) is 8.00. The van der Waals surface area contributed by atoms with E-state index in [4.69, 9.17) is 0 Å². The van der Waals surface area contributed by atoms with Crippen LogP contribution < -0.4 is 10.2 Å². The van der Waals surface area contributed by atoms with Crippen LogP contribution in [0.1, 0.15) is 18.9 Å². The van der Waals surface area contributed by atoms with E-state index in [1.807, 2.05) is 30.3 Å². The molecule has 2 aromatic rings. The molecular formula is C19H23FN2O. The van der Waals surface area contributed by atoms with Crippen LogP contribution in [0.2, 0.25) is 0 Å². The van der Waals surface area contributed by atoms with Gasteiger partial charge in [0.15, 0.2) is 0 Å². The minimum atomic E-state index is -0.219. The van der Waals surface area contributed by atoms with Crippen LogP contribution in [0.5, 0.6) is 0 Å². The van der Waals surface area contributed by atoms with Gasteiger partial charge in [-0.1, -0.05) is 36.4 Å². The monoisotopic (exact) mass is 314 g/mol. The van der Waals surface area contributed by atoms with Crippen molar-refractivity contribution in [3.05, 3.63) is 66.0 Å². The van der Waals surface area contributed by atoms with Crippen molar-refractivity contribution in [2.75, 3.05) is 24.5 Å². The van der Waals surface area contributed by atoms with Gasteiger partial charge < -0.3 is 10.2 Å². The highest BCUT2D eigenvalue weighted by Crippen LogP contribution is 2.13. The Morgan fingerprint density at radius 1 is 1.09 bits per heavy atom. The summed E-state index contributed by atoms with van der Waals surface area (Å²) < 4.78 is 13.5. The number of nitrogens with one attached hydrogen (secondary N) is 1. The summed E-state index contributed by atoms with van der Waals surface area (Å²) in [5.41, 5.74) is 1.75. The van der Waals surface area contributed by atoms with Gasteiger partial charge in [-0.15, -0.1) is 0 Å². The highest BCUT2D eigenvalue weighted by molar-refractivity contribution is 5.76. The zero-order chi connectivity index (χ0) is 16.5. The lowest BCUT2D eigenvalue weighted by Gasteiger charge is -2.22. The lowest BCUT2D eigenvalue weighted by atomic mass is 10.1. The first-order chi connectivity index (χ1) is 11.2. The molecule has 0 saturated heterocycles. The van der Waals surface area contributed by atoms with Gasteiger partial charge in [-0.2, -0.15) is 0 Å². The molecule has 122 valence electrons. The smallest absolute Gasteiger partial charge is 0.221 e. The summed E-state index contributed by atoms with van der Waals surface area (Å²) in [5.74, 6) is -0.223. The second-order valence-corrected chi connectivity index (χ2v) is 5.36. The number of carbonyl (C=O) groups is 1. The first-order valence-electron chi connectivity index (χ1n) is 8.00. The van der Waals surface area contributed by atoms with Crippen LogP contribution in [-0.4, -0.2) is 25.5 Å². The van der Waals surface area contributed by atoms with Crippen molar-refractivity contribution in [3.63, 3.8) is 0 Å². The van der Waals surface area contributed by atoms with E-state index < -0.39 is 0 Å². The lowest BCUT2D eigenvalue weighted by Crippen LogP contribution is -2.31. The Hall–Kier alpha value is -2.36. The molecule has 0 fully saturated rings. The van der Waals surface area contributed by atoms with Crippen molar-refractivity contribution in [1.29, 1.82) is 0 Å². The molecule has 0 unspecified atom stereocenters. The van der Waals surface area contributed by atoms with Crippen LogP contribution in [0.25, 0.3) is 0 Å². The van der Waals surface area contributed by atoms with Gasteiger partial charge in [-0.3, -0.25) is 4.79 Å². The molecule has 0 aliphatic heterocycles. The van der Waals surface area contributed by atoms with E-state index in [1.165, 1.54) is 6.07 Å². The fraction of sp³-hybridized carbons (Fsp3) is 0.316. The fourth-order valence-corrected chi connectivity index (χ4v) is 2.47. The van der Waals surface area contributed by atoms with Crippen LogP contribution >= 0.6 is 0 Å². The minimum Gasteiger partial charge on any atom is -0.371 e. The number of para-hydroxylation sites is 1. The van der Waals surface area contributed by atoms with Gasteiger partial charge in [0, 0.05) is 31.7 Å². The molecule has 0 saturated carbocycles. The van der Waals surface area contributed by atoms with Crippen molar-refractivity contribution in [1.82, 2.24) is 5.32 Å². The molecule has 0 aliphatic carbocycles. The number of amides is 1. The fourth-order valence-electron chi connectivity index (χ4n) is 2.47. The average molecular weight is 314 g/mol. The Balaban J connectivity index is 1.73. The molecule has 0 atom stereocenters. The Morgan fingerprint density at radius 3 is 2.48 bits per heavy atom. The van der Waals surface area contributed by atoms with Crippen LogP contribution in [0.4, 0.5) is 10.1 Å². The molecule has 1 amide bonds. The summed E-state index contributed by atoms with van der Waals surface area (Å²) in [6, 6.07) is 16.7. The van der Waals surface area contributed by atoms with E-state index in [0.717, 1.165) is 12.2 Å². The zero-order valence-corrected chi connectivity index (χ0v) is 13.5. The molecule has 23 heavy (non-hydrogen) atoms. The molecule has 2 aromatic carbocycles. The lowest BCUT2D eigenvalue weighted by molar-refractivity contribution is -0.120. The molecular weight excluding hydrogens is 291 g/mol. The molecule has 0 aliphatic rings. The van der Waals surface area contributed by atoms with Crippen LogP contribution in [0.15, 0.2) is 54.6 Å². The third kappa shape index (κ3) is 5.40. The molecule has 0 radical (unpaired) electrons. The average Bonchev–Trinajstić information content (AvgIpc) is 2.58. The minimum absolute atomic E-state index is 0.00396. The molecule has 0 aromatic heterocycles. The van der Waals surface area contributed by atoms with E-state index in [2.05, 4.69) is 17.1 Å². The third-order valence-corrected chi connectivity index (χ3v) is 3.79. The zero-order valence-electron chi connectivity index (χ0n) is 13.5. The van der Waals surface area contributed by atoms with Gasteiger partial charge in [0.05, 0.1) is 0 Å². The van der Waals surface area contributed by atoms with Crippen molar-refractivity contribution < 1.29 is 9.18 Å². The van der Waals surface area contributed by atoms with E-state index in [9.17, 15) is 9.18 Å². The SMILES string of the molecule is CCN(CCC(=O)NCCc1ccccc1F)c1ccccc1. The molecule has 0 spiro atoms. The number of benzene rings is 2. The quantitative estimate of drug-likeness (QED) is 0.810. The Morgan fingerprint density at radius 2 is 1.78 bits per heavy atom. The number of carbonyl (C=O) groups excluding carboxylic acids is 1. The largest absolute Gasteiger partial charge is 0.371 e. The number of nitrogens with zero attached hydrogens (tertiary/aromatic N) is 1. The van der Waals surface area contributed by atoms with Crippen molar-refractivity contribution in [2.24, 2.45) is 0 Å². The summed E-state index contributed by atoms with van der Waals surface area (Å²) in [5, 5.41) is 2.86. The van der Waals surface area contributed by atoms with E-state index >= 15 is 0 Å². The van der Waals surface area contributed by atoms with E-state index in [-0.39, 0.29) is 11.7 Å². The highest BCUT2D eigenvalue weighted by atomic mass is 19.1. The summed E-state index contributed by atoms with van der Waals surface area (Å²) in [4.78, 5) is 14.1. The molecule has 1 N–H and O–H groups in total. The first kappa shape index (κ1) is 17.0. The number of hydrogen-bond donors (Lipinski definition) is 1. The Labute approximate surface area is 137 Å². The van der Waals surface area contributed by atoms with Gasteiger partial charge in [-0.05, 0) is 37.1 Å². The van der Waals surface area contributed by atoms with Crippen LogP contribution in [-0.2, 0) is 11.2 Å². The van der Waals surface area contributed by atoms with Gasteiger partial charge in [-0.25, -0.2) is 4.39 Å². The Bertz CT molecular complexity index is 616. The van der Waals surface area contributed by atoms with E-state index in [0.29, 0.717) is 31.5 Å². The predicted octanol–water partition coefficient (Wildman–Crippen LogP) is 3.40. The second kappa shape index (κ2) is 8.93. The number of halogens is 1. The van der Waals surface area contributed by atoms with Gasteiger partial charge in [0.2, 0.25) is 5.91 Å². The van der Waals surface area contributed by atoms with Gasteiger partial charge in [0.25, 0.3) is 0 Å². The standard InChI is InChI=1S/C19H23FN2O/c1-2-22(17-9-4-3-5-10-17)15-13-19(23)21-14-12-16-8-6-7-11-18(16)20/h3-11H,2,12-15H2,1H3,(H,21,23). The number of hydrogen-bond acceptors (Lipinski definition) is 2. The van der Waals surface area contributed by atoms with Gasteiger partial charge in [0.1, 0.15) is 5.82 Å². The van der Waals surface area contributed by atoms with Crippen molar-refractivity contribution in [2.45, 2.75) is 19.8 Å². The maximum Gasteiger partial charge on any atom is 0.221 e. The maximum absolute atomic E-state index is 13.5. The number of anilines is 1. The summed E-state index contributed by atoms with van der Waals surface area (Å²) in [6.45, 7) is 4.05. The summed E-state index contributed by atoms with van der Waals surface area (Å²) >= 11 is 0. The van der Waals surface area contributed by atoms with Crippen molar-refractivity contribution in [3.8, 4) is 0 Å². The third-order valence-electron chi connectivity index (χ3n) is 3.79. The number of rotatable bonds is 8. The van der Waals surface area contributed by atoms with Crippen LogP contribution in [0.3, 0.4) is 0 Å². The van der Waals surface area contributed by atoms with E-state index in [1.54, 1.807) is 18.2 Å². The molecule has 0 bridgehead atoms. The summed E-state index contributed by atoms with van der Waals surface area (Å²) in [7, 11) is 0. The maximum atomic E-state index is 13.5. The second-order valence-electron chi connectivity index (χ2n) is 5.36. The van der Waals surface area contributed by atoms with Crippen LogP contribution in [0, 0.1) is 5.82 Å².